The van der Waals surface area contributed by atoms with Crippen molar-refractivity contribution >= 4 is 11.8 Å². The first-order valence-corrected chi connectivity index (χ1v) is 7.05. The van der Waals surface area contributed by atoms with E-state index in [1.807, 2.05) is 0 Å². The number of thioether (sulfide) groups is 1. The van der Waals surface area contributed by atoms with Gasteiger partial charge in [0.25, 0.3) is 0 Å². The van der Waals surface area contributed by atoms with Crippen LogP contribution in [0, 0.1) is 11.3 Å². The quantitative estimate of drug-likeness (QED) is 0.802. The molecular formula is C14H8F3NO3S. The Kier molecular flexibility index (Phi) is 4.47. The number of hydrogen-bond donors (Lipinski definition) is 0. The molecule has 0 atom stereocenters. The van der Waals surface area contributed by atoms with Crippen LogP contribution in [0.2, 0.25) is 0 Å². The molecule has 114 valence electrons. The molecule has 0 aliphatic rings. The van der Waals surface area contributed by atoms with Gasteiger partial charge in [0.05, 0.1) is 0 Å². The summed E-state index contributed by atoms with van der Waals surface area (Å²) in [5.41, 5.74) is -0.500. The average Bonchev–Trinajstić information content (AvgIpc) is 2.45. The Bertz CT molecular complexity index is 776. The molecule has 0 saturated carbocycles. The van der Waals surface area contributed by atoms with E-state index in [4.69, 9.17) is 9.68 Å². The van der Waals surface area contributed by atoms with Crippen molar-refractivity contribution in [1.29, 1.82) is 5.26 Å². The lowest BCUT2D eigenvalue weighted by Crippen LogP contribution is -2.16. The molecular weight excluding hydrogens is 319 g/mol. The zero-order valence-electron chi connectivity index (χ0n) is 11.1. The highest BCUT2D eigenvalue weighted by molar-refractivity contribution is 7.98. The zero-order chi connectivity index (χ0) is 16.3. The summed E-state index contributed by atoms with van der Waals surface area (Å²) in [6, 6.07) is 8.13. The summed E-state index contributed by atoms with van der Waals surface area (Å²) in [5.74, 6) is -0.218. The predicted octanol–water partition coefficient (Wildman–Crippen LogP) is 3.80. The summed E-state index contributed by atoms with van der Waals surface area (Å²) in [6.45, 7) is 0. The molecule has 0 fully saturated rings. The van der Waals surface area contributed by atoms with Gasteiger partial charge < -0.3 is 9.15 Å². The summed E-state index contributed by atoms with van der Waals surface area (Å²) in [4.78, 5) is 12.1. The monoisotopic (exact) mass is 327 g/mol. The summed E-state index contributed by atoms with van der Waals surface area (Å²) >= 11 is 1.20. The third kappa shape index (κ3) is 3.62. The topological polar surface area (TPSA) is 63.2 Å². The predicted molar refractivity (Wildman–Crippen MR) is 73.6 cm³/mol. The molecule has 1 aromatic heterocycles. The number of nitriles is 1. The van der Waals surface area contributed by atoms with Crippen LogP contribution < -0.4 is 10.4 Å². The summed E-state index contributed by atoms with van der Waals surface area (Å²) in [5, 5.41) is 8.89. The highest BCUT2D eigenvalue weighted by Crippen LogP contribution is 2.28. The minimum Gasteiger partial charge on any atom is -0.422 e. The third-order valence-corrected chi connectivity index (χ3v) is 3.38. The van der Waals surface area contributed by atoms with Crippen molar-refractivity contribution in [2.24, 2.45) is 0 Å². The van der Waals surface area contributed by atoms with Crippen LogP contribution >= 0.6 is 11.8 Å². The van der Waals surface area contributed by atoms with Gasteiger partial charge in [-0.2, -0.15) is 5.26 Å². The minimum absolute atomic E-state index is 0.103. The minimum atomic E-state index is -4.77. The van der Waals surface area contributed by atoms with E-state index < -0.39 is 12.0 Å². The van der Waals surface area contributed by atoms with Crippen LogP contribution in [0.15, 0.2) is 44.4 Å². The molecule has 0 N–H and O–H groups in total. The van der Waals surface area contributed by atoms with Gasteiger partial charge in [-0.05, 0) is 36.6 Å². The van der Waals surface area contributed by atoms with Crippen molar-refractivity contribution in [3.8, 4) is 23.1 Å². The highest BCUT2D eigenvalue weighted by atomic mass is 32.2. The van der Waals surface area contributed by atoms with Crippen molar-refractivity contribution in [2.75, 3.05) is 6.26 Å². The molecule has 4 nitrogen and oxygen atoms in total. The molecule has 1 heterocycles. The Labute approximate surface area is 127 Å². The summed E-state index contributed by atoms with van der Waals surface area (Å²) in [6.07, 6.45) is -3.08. The van der Waals surface area contributed by atoms with E-state index in [-0.39, 0.29) is 17.1 Å². The first-order valence-electron chi connectivity index (χ1n) is 5.82. The zero-order valence-corrected chi connectivity index (χ0v) is 11.9. The van der Waals surface area contributed by atoms with Crippen molar-refractivity contribution in [3.05, 3.63) is 46.3 Å². The van der Waals surface area contributed by atoms with Crippen LogP contribution in [-0.4, -0.2) is 12.6 Å². The van der Waals surface area contributed by atoms with Crippen molar-refractivity contribution in [2.45, 2.75) is 11.3 Å². The highest BCUT2D eigenvalue weighted by Gasteiger charge is 2.31. The normalized spacial score (nSPS) is 11.0. The van der Waals surface area contributed by atoms with Gasteiger partial charge in [0.2, 0.25) is 0 Å². The maximum Gasteiger partial charge on any atom is 0.573 e. The van der Waals surface area contributed by atoms with Gasteiger partial charge in [-0.1, -0.05) is 0 Å². The Morgan fingerprint density at radius 3 is 2.41 bits per heavy atom. The number of ether oxygens (including phenoxy) is 1. The third-order valence-electron chi connectivity index (χ3n) is 2.62. The average molecular weight is 327 g/mol. The largest absolute Gasteiger partial charge is 0.573 e. The van der Waals surface area contributed by atoms with E-state index in [1.54, 1.807) is 12.3 Å². The lowest BCUT2D eigenvalue weighted by atomic mass is 10.1. The van der Waals surface area contributed by atoms with E-state index in [9.17, 15) is 18.0 Å². The van der Waals surface area contributed by atoms with Gasteiger partial charge in [0.15, 0.2) is 5.56 Å². The van der Waals surface area contributed by atoms with Crippen molar-refractivity contribution in [3.63, 3.8) is 0 Å². The van der Waals surface area contributed by atoms with E-state index in [0.717, 1.165) is 12.1 Å². The molecule has 2 rings (SSSR count). The van der Waals surface area contributed by atoms with E-state index in [1.165, 1.54) is 30.0 Å². The lowest BCUT2D eigenvalue weighted by molar-refractivity contribution is -0.274. The Balaban J connectivity index is 2.39. The van der Waals surface area contributed by atoms with Crippen molar-refractivity contribution < 1.29 is 22.3 Å². The van der Waals surface area contributed by atoms with Gasteiger partial charge in [-0.15, -0.1) is 24.9 Å². The summed E-state index contributed by atoms with van der Waals surface area (Å²) in [7, 11) is 0. The van der Waals surface area contributed by atoms with Crippen LogP contribution in [0.3, 0.4) is 0 Å². The number of halogens is 3. The van der Waals surface area contributed by atoms with Gasteiger partial charge in [-0.25, -0.2) is 4.79 Å². The van der Waals surface area contributed by atoms with Crippen molar-refractivity contribution in [1.82, 2.24) is 0 Å². The molecule has 0 aliphatic heterocycles. The van der Waals surface area contributed by atoms with Crippen LogP contribution in [-0.2, 0) is 0 Å². The Morgan fingerprint density at radius 1 is 1.27 bits per heavy atom. The molecule has 0 aliphatic carbocycles. The van der Waals surface area contributed by atoms with Gasteiger partial charge in [0, 0.05) is 10.5 Å². The summed E-state index contributed by atoms with van der Waals surface area (Å²) < 4.78 is 45.0. The molecule has 22 heavy (non-hydrogen) atoms. The molecule has 0 amide bonds. The Morgan fingerprint density at radius 2 is 1.91 bits per heavy atom. The van der Waals surface area contributed by atoms with E-state index >= 15 is 0 Å². The van der Waals surface area contributed by atoms with Gasteiger partial charge in [0.1, 0.15) is 17.6 Å². The molecule has 0 spiro atoms. The van der Waals surface area contributed by atoms with E-state index in [0.29, 0.717) is 10.5 Å². The Hall–Kier alpha value is -2.40. The maximum atomic E-state index is 12.1. The van der Waals surface area contributed by atoms with Crippen LogP contribution in [0.5, 0.6) is 5.75 Å². The SMILES string of the molecule is CSc1cc(-c2ccc(OC(F)(F)F)cc2)oc(=O)c1C#N. The second-order valence-corrected chi connectivity index (χ2v) is 4.87. The number of hydrogen-bond acceptors (Lipinski definition) is 5. The first-order chi connectivity index (χ1) is 10.3. The molecule has 0 bridgehead atoms. The lowest BCUT2D eigenvalue weighted by Gasteiger charge is -2.09. The first kappa shape index (κ1) is 16.0. The molecule has 0 unspecified atom stereocenters. The molecule has 1 aromatic carbocycles. The molecule has 0 saturated heterocycles. The fraction of sp³-hybridized carbons (Fsp3) is 0.143. The number of alkyl halides is 3. The maximum absolute atomic E-state index is 12.1. The smallest absolute Gasteiger partial charge is 0.422 e. The standard InChI is InChI=1S/C14H8F3NO3S/c1-22-12-6-11(20-13(19)10(12)7-18)8-2-4-9(5-3-8)21-14(15,16)17/h2-6H,1H3. The fourth-order valence-electron chi connectivity index (χ4n) is 1.70. The second-order valence-electron chi connectivity index (χ2n) is 4.03. The van der Waals surface area contributed by atoms with E-state index in [2.05, 4.69) is 4.74 Å². The number of rotatable bonds is 3. The number of benzene rings is 1. The molecule has 0 radical (unpaired) electrons. The molecule has 8 heteroatoms. The van der Waals surface area contributed by atoms with Gasteiger partial charge >= 0.3 is 12.0 Å². The number of nitrogens with zero attached hydrogens (tertiary/aromatic N) is 1. The van der Waals surface area contributed by atoms with Crippen LogP contribution in [0.1, 0.15) is 5.56 Å². The molecule has 2 aromatic rings. The fourth-order valence-corrected chi connectivity index (χ4v) is 2.26. The second kappa shape index (κ2) is 6.15. The van der Waals surface area contributed by atoms with Gasteiger partial charge in [-0.3, -0.25) is 0 Å². The van der Waals surface area contributed by atoms with Crippen LogP contribution in [0.25, 0.3) is 11.3 Å². The van der Waals surface area contributed by atoms with Crippen LogP contribution in [0.4, 0.5) is 13.2 Å².